The molecule has 1 saturated heterocycles. The van der Waals surface area contributed by atoms with Crippen LogP contribution in [-0.2, 0) is 17.8 Å². The average molecular weight is 396 g/mol. The zero-order valence-corrected chi connectivity index (χ0v) is 17.2. The summed E-state index contributed by atoms with van der Waals surface area (Å²) in [6.07, 6.45) is 0.913. The van der Waals surface area contributed by atoms with Crippen molar-refractivity contribution in [2.45, 2.75) is 26.8 Å². The Morgan fingerprint density at radius 1 is 1.03 bits per heavy atom. The lowest BCUT2D eigenvalue weighted by atomic mass is 10.1. The van der Waals surface area contributed by atoms with Crippen molar-refractivity contribution in [2.75, 3.05) is 44.8 Å². The Morgan fingerprint density at radius 2 is 1.79 bits per heavy atom. The van der Waals surface area contributed by atoms with E-state index in [1.807, 2.05) is 25.1 Å². The van der Waals surface area contributed by atoms with Crippen LogP contribution in [0.1, 0.15) is 23.6 Å². The minimum atomic E-state index is 0.0678. The number of piperazine rings is 1. The number of ether oxygens (including phenoxy) is 2. The smallest absolute Gasteiger partial charge is 0.238 e. The van der Waals surface area contributed by atoms with Crippen LogP contribution >= 0.6 is 0 Å². The van der Waals surface area contributed by atoms with E-state index in [0.717, 1.165) is 61.9 Å². The average Bonchev–Trinajstić information content (AvgIpc) is 3.19. The first kappa shape index (κ1) is 19.7. The molecule has 2 aromatic carbocycles. The highest BCUT2D eigenvalue weighted by Gasteiger charge is 2.21. The second-order valence-electron chi connectivity index (χ2n) is 7.75. The number of carbonyl (C=O) groups is 1. The van der Waals surface area contributed by atoms with Gasteiger partial charge in [-0.05, 0) is 42.2 Å². The predicted molar refractivity (Wildman–Crippen MR) is 113 cm³/mol. The van der Waals surface area contributed by atoms with Crippen LogP contribution in [0.25, 0.3) is 0 Å². The summed E-state index contributed by atoms with van der Waals surface area (Å²) >= 11 is 0. The SMILES string of the molecule is CCc1cccc(C)c1NC(=O)CN1CCN(Cc2ccc3c(c2)OCO3)CC1. The molecule has 1 N–H and O–H groups in total. The first-order chi connectivity index (χ1) is 14.1. The first-order valence-electron chi connectivity index (χ1n) is 10.3. The molecule has 6 heteroatoms. The van der Waals surface area contributed by atoms with Gasteiger partial charge in [-0.3, -0.25) is 14.6 Å². The zero-order valence-electron chi connectivity index (χ0n) is 17.2. The minimum Gasteiger partial charge on any atom is -0.454 e. The number of carbonyl (C=O) groups excluding carboxylic acids is 1. The molecule has 2 aromatic rings. The van der Waals surface area contributed by atoms with Crippen LogP contribution in [0.2, 0.25) is 0 Å². The second kappa shape index (κ2) is 8.84. The van der Waals surface area contributed by atoms with Gasteiger partial charge in [0.15, 0.2) is 11.5 Å². The fourth-order valence-corrected chi connectivity index (χ4v) is 3.99. The van der Waals surface area contributed by atoms with Gasteiger partial charge in [-0.25, -0.2) is 0 Å². The van der Waals surface area contributed by atoms with Crippen molar-refractivity contribution in [2.24, 2.45) is 0 Å². The maximum absolute atomic E-state index is 12.6. The van der Waals surface area contributed by atoms with E-state index in [9.17, 15) is 4.79 Å². The number of nitrogens with one attached hydrogen (secondary N) is 1. The standard InChI is InChI=1S/C23H29N3O3/c1-3-19-6-4-5-17(2)23(19)24-22(27)15-26-11-9-25(10-12-26)14-18-7-8-20-21(13-18)29-16-28-20/h4-8,13H,3,9-12,14-16H2,1-2H3,(H,24,27). The fraction of sp³-hybridized carbons (Fsp3) is 0.435. The lowest BCUT2D eigenvalue weighted by Crippen LogP contribution is -2.48. The largest absolute Gasteiger partial charge is 0.454 e. The van der Waals surface area contributed by atoms with E-state index >= 15 is 0 Å². The van der Waals surface area contributed by atoms with Crippen LogP contribution in [0.4, 0.5) is 5.69 Å². The summed E-state index contributed by atoms with van der Waals surface area (Å²) in [5, 5.41) is 3.13. The molecule has 0 bridgehead atoms. The van der Waals surface area contributed by atoms with E-state index in [1.165, 1.54) is 11.1 Å². The Bertz CT molecular complexity index is 876. The Balaban J connectivity index is 1.26. The summed E-state index contributed by atoms with van der Waals surface area (Å²) in [4.78, 5) is 17.2. The van der Waals surface area contributed by atoms with Gasteiger partial charge in [-0.2, -0.15) is 0 Å². The molecule has 2 heterocycles. The molecule has 0 saturated carbocycles. The van der Waals surface area contributed by atoms with Crippen molar-refractivity contribution in [3.05, 3.63) is 53.1 Å². The number of rotatable bonds is 6. The van der Waals surface area contributed by atoms with Crippen molar-refractivity contribution in [1.29, 1.82) is 0 Å². The molecule has 1 fully saturated rings. The van der Waals surface area contributed by atoms with E-state index in [0.29, 0.717) is 13.3 Å². The van der Waals surface area contributed by atoms with Crippen molar-refractivity contribution < 1.29 is 14.3 Å². The lowest BCUT2D eigenvalue weighted by molar-refractivity contribution is -0.117. The summed E-state index contributed by atoms with van der Waals surface area (Å²) in [6.45, 7) is 9.49. The Kier molecular flexibility index (Phi) is 6.02. The Labute approximate surface area is 172 Å². The molecular weight excluding hydrogens is 366 g/mol. The maximum atomic E-state index is 12.6. The van der Waals surface area contributed by atoms with E-state index in [2.05, 4.69) is 40.2 Å². The van der Waals surface area contributed by atoms with Crippen molar-refractivity contribution in [3.63, 3.8) is 0 Å². The molecule has 0 aromatic heterocycles. The normalized spacial score (nSPS) is 16.8. The molecule has 0 spiro atoms. The van der Waals surface area contributed by atoms with Gasteiger partial charge in [0, 0.05) is 38.4 Å². The van der Waals surface area contributed by atoms with E-state index in [1.54, 1.807) is 0 Å². The number of amides is 1. The third-order valence-electron chi connectivity index (χ3n) is 5.68. The number of benzene rings is 2. The highest BCUT2D eigenvalue weighted by atomic mass is 16.7. The van der Waals surface area contributed by atoms with Crippen LogP contribution < -0.4 is 14.8 Å². The van der Waals surface area contributed by atoms with Gasteiger partial charge < -0.3 is 14.8 Å². The van der Waals surface area contributed by atoms with Crippen LogP contribution in [0.5, 0.6) is 11.5 Å². The molecule has 29 heavy (non-hydrogen) atoms. The van der Waals surface area contributed by atoms with Gasteiger partial charge in [0.05, 0.1) is 6.54 Å². The van der Waals surface area contributed by atoms with Gasteiger partial charge in [0.25, 0.3) is 0 Å². The predicted octanol–water partition coefficient (Wildman–Crippen LogP) is 3.04. The van der Waals surface area contributed by atoms with Crippen molar-refractivity contribution in [1.82, 2.24) is 9.80 Å². The fourth-order valence-electron chi connectivity index (χ4n) is 3.99. The van der Waals surface area contributed by atoms with Crippen LogP contribution in [0.3, 0.4) is 0 Å². The third kappa shape index (κ3) is 4.71. The number of nitrogens with zero attached hydrogens (tertiary/aromatic N) is 2. The summed E-state index contributed by atoms with van der Waals surface area (Å²) in [5.74, 6) is 1.73. The van der Waals surface area contributed by atoms with Gasteiger partial charge in [-0.1, -0.05) is 31.2 Å². The highest BCUT2D eigenvalue weighted by Crippen LogP contribution is 2.32. The third-order valence-corrected chi connectivity index (χ3v) is 5.68. The number of aryl methyl sites for hydroxylation is 2. The molecule has 0 radical (unpaired) electrons. The lowest BCUT2D eigenvalue weighted by Gasteiger charge is -2.34. The highest BCUT2D eigenvalue weighted by molar-refractivity contribution is 5.93. The molecule has 154 valence electrons. The molecule has 1 amide bonds. The molecule has 4 rings (SSSR count). The topological polar surface area (TPSA) is 54.0 Å². The molecule has 0 unspecified atom stereocenters. The first-order valence-corrected chi connectivity index (χ1v) is 10.3. The zero-order chi connectivity index (χ0) is 20.2. The Hall–Kier alpha value is -2.57. The Morgan fingerprint density at radius 3 is 2.59 bits per heavy atom. The van der Waals surface area contributed by atoms with Gasteiger partial charge >= 0.3 is 0 Å². The van der Waals surface area contributed by atoms with Crippen molar-refractivity contribution in [3.8, 4) is 11.5 Å². The number of hydrogen-bond acceptors (Lipinski definition) is 5. The van der Waals surface area contributed by atoms with Crippen LogP contribution in [-0.4, -0.2) is 55.2 Å². The van der Waals surface area contributed by atoms with E-state index < -0.39 is 0 Å². The number of anilines is 1. The second-order valence-corrected chi connectivity index (χ2v) is 7.75. The minimum absolute atomic E-state index is 0.0678. The summed E-state index contributed by atoms with van der Waals surface area (Å²) in [5.41, 5.74) is 4.51. The van der Waals surface area contributed by atoms with Gasteiger partial charge in [0.1, 0.15) is 0 Å². The monoisotopic (exact) mass is 395 g/mol. The molecule has 6 nitrogen and oxygen atoms in total. The maximum Gasteiger partial charge on any atom is 0.238 e. The molecule has 2 aliphatic rings. The van der Waals surface area contributed by atoms with Gasteiger partial charge in [-0.15, -0.1) is 0 Å². The van der Waals surface area contributed by atoms with Crippen LogP contribution in [0.15, 0.2) is 36.4 Å². The van der Waals surface area contributed by atoms with Gasteiger partial charge in [0.2, 0.25) is 12.7 Å². The van der Waals surface area contributed by atoms with Crippen molar-refractivity contribution >= 4 is 11.6 Å². The molecule has 0 atom stereocenters. The van der Waals surface area contributed by atoms with E-state index in [4.69, 9.17) is 9.47 Å². The quantitative estimate of drug-likeness (QED) is 0.815. The van der Waals surface area contributed by atoms with Crippen LogP contribution in [0, 0.1) is 6.92 Å². The van der Waals surface area contributed by atoms with E-state index in [-0.39, 0.29) is 5.91 Å². The number of hydrogen-bond donors (Lipinski definition) is 1. The summed E-state index contributed by atoms with van der Waals surface area (Å²) in [6, 6.07) is 12.3. The summed E-state index contributed by atoms with van der Waals surface area (Å²) in [7, 11) is 0. The molecule has 2 aliphatic heterocycles. The summed E-state index contributed by atoms with van der Waals surface area (Å²) < 4.78 is 10.8. The number of fused-ring (bicyclic) bond motifs is 1. The number of para-hydroxylation sites is 1. The molecule has 0 aliphatic carbocycles. The molecular formula is C23H29N3O3.